The summed E-state index contributed by atoms with van der Waals surface area (Å²) >= 11 is 0. The first-order valence-corrected chi connectivity index (χ1v) is 8.86. The molecule has 4 rings (SSSR count). The highest BCUT2D eigenvalue weighted by molar-refractivity contribution is 5.92. The van der Waals surface area contributed by atoms with Gasteiger partial charge in [0.15, 0.2) is 0 Å². The fourth-order valence-corrected chi connectivity index (χ4v) is 3.18. The predicted molar refractivity (Wildman–Crippen MR) is 94.4 cm³/mol. The Labute approximate surface area is 155 Å². The number of carbonyl (C=O) groups excluding carboxylic acids is 1. The smallest absolute Gasteiger partial charge is 0.274 e. The summed E-state index contributed by atoms with van der Waals surface area (Å²) in [5, 5.41) is 3.97. The van der Waals surface area contributed by atoms with E-state index in [-0.39, 0.29) is 11.8 Å². The standard InChI is InChI=1S/C18H19N7O2/c1-12-8-22-15(10-21-12)18(26)25-6-2-3-13(11-25)7-16-23-17(24-27-16)14-9-19-4-5-20-14/h4-5,8-10,13H,2-3,6-7,11H2,1H3/t13-/m0/s1. The van der Waals surface area contributed by atoms with E-state index in [9.17, 15) is 4.79 Å². The number of aromatic nitrogens is 6. The maximum Gasteiger partial charge on any atom is 0.274 e. The molecular weight excluding hydrogens is 346 g/mol. The quantitative estimate of drug-likeness (QED) is 0.687. The Hall–Kier alpha value is -3.23. The molecular formula is C18H19N7O2. The van der Waals surface area contributed by atoms with Crippen molar-refractivity contribution in [3.63, 3.8) is 0 Å². The summed E-state index contributed by atoms with van der Waals surface area (Å²) in [4.78, 5) is 35.4. The highest BCUT2D eigenvalue weighted by Crippen LogP contribution is 2.22. The van der Waals surface area contributed by atoms with Crippen LogP contribution in [0.25, 0.3) is 11.5 Å². The fraction of sp³-hybridized carbons (Fsp3) is 0.389. The van der Waals surface area contributed by atoms with Gasteiger partial charge in [-0.15, -0.1) is 0 Å². The van der Waals surface area contributed by atoms with Crippen LogP contribution in [0.15, 0.2) is 35.5 Å². The first-order chi connectivity index (χ1) is 13.2. The van der Waals surface area contributed by atoms with Crippen LogP contribution in [0.2, 0.25) is 0 Å². The lowest BCUT2D eigenvalue weighted by Crippen LogP contribution is -2.41. The molecule has 0 radical (unpaired) electrons. The lowest BCUT2D eigenvalue weighted by molar-refractivity contribution is 0.0661. The molecule has 0 unspecified atom stereocenters. The van der Waals surface area contributed by atoms with Crippen LogP contribution in [0.4, 0.5) is 0 Å². The molecule has 1 aliphatic heterocycles. The van der Waals surface area contributed by atoms with Crippen molar-refractivity contribution in [3.05, 3.63) is 48.3 Å². The molecule has 4 heterocycles. The van der Waals surface area contributed by atoms with Crippen molar-refractivity contribution in [2.24, 2.45) is 5.92 Å². The summed E-state index contributed by atoms with van der Waals surface area (Å²) in [7, 11) is 0. The second kappa shape index (κ2) is 7.56. The van der Waals surface area contributed by atoms with Gasteiger partial charge in [0.1, 0.15) is 11.4 Å². The Morgan fingerprint density at radius 2 is 2.15 bits per heavy atom. The van der Waals surface area contributed by atoms with Gasteiger partial charge < -0.3 is 9.42 Å². The van der Waals surface area contributed by atoms with E-state index in [2.05, 4.69) is 30.1 Å². The van der Waals surface area contributed by atoms with E-state index in [0.29, 0.717) is 36.1 Å². The molecule has 0 aliphatic carbocycles. The van der Waals surface area contributed by atoms with Crippen molar-refractivity contribution in [2.45, 2.75) is 26.2 Å². The minimum Gasteiger partial charge on any atom is -0.339 e. The van der Waals surface area contributed by atoms with Gasteiger partial charge in [-0.2, -0.15) is 4.98 Å². The Balaban J connectivity index is 1.41. The van der Waals surface area contributed by atoms with Gasteiger partial charge in [-0.3, -0.25) is 14.8 Å². The van der Waals surface area contributed by atoms with Crippen LogP contribution >= 0.6 is 0 Å². The minimum atomic E-state index is -0.0852. The van der Waals surface area contributed by atoms with E-state index < -0.39 is 0 Å². The highest BCUT2D eigenvalue weighted by Gasteiger charge is 2.27. The molecule has 9 nitrogen and oxygen atoms in total. The summed E-state index contributed by atoms with van der Waals surface area (Å²) < 4.78 is 5.36. The maximum absolute atomic E-state index is 12.7. The van der Waals surface area contributed by atoms with E-state index in [0.717, 1.165) is 25.1 Å². The molecule has 3 aromatic heterocycles. The van der Waals surface area contributed by atoms with E-state index in [1.807, 2.05) is 11.8 Å². The van der Waals surface area contributed by atoms with Gasteiger partial charge in [-0.1, -0.05) is 5.16 Å². The zero-order valence-electron chi connectivity index (χ0n) is 14.9. The van der Waals surface area contributed by atoms with E-state index in [1.165, 1.54) is 6.20 Å². The molecule has 0 bridgehead atoms. The molecule has 138 valence electrons. The van der Waals surface area contributed by atoms with Crippen LogP contribution in [0.1, 0.15) is 34.9 Å². The third-order valence-electron chi connectivity index (χ3n) is 4.53. The third-order valence-corrected chi connectivity index (χ3v) is 4.53. The molecule has 1 fully saturated rings. The summed E-state index contributed by atoms with van der Waals surface area (Å²) in [6, 6.07) is 0. The number of likely N-dealkylation sites (tertiary alicyclic amines) is 1. The summed E-state index contributed by atoms with van der Waals surface area (Å²) in [5.74, 6) is 1.15. The van der Waals surface area contributed by atoms with Gasteiger partial charge in [0.05, 0.1) is 18.1 Å². The van der Waals surface area contributed by atoms with Gasteiger partial charge >= 0.3 is 0 Å². The Kier molecular flexibility index (Phi) is 4.82. The topological polar surface area (TPSA) is 111 Å². The highest BCUT2D eigenvalue weighted by atomic mass is 16.5. The van der Waals surface area contributed by atoms with Crippen molar-refractivity contribution in [2.75, 3.05) is 13.1 Å². The Morgan fingerprint density at radius 1 is 1.22 bits per heavy atom. The molecule has 1 aliphatic rings. The average molecular weight is 365 g/mol. The third kappa shape index (κ3) is 3.97. The first kappa shape index (κ1) is 17.2. The monoisotopic (exact) mass is 365 g/mol. The van der Waals surface area contributed by atoms with Crippen LogP contribution < -0.4 is 0 Å². The van der Waals surface area contributed by atoms with Crippen molar-refractivity contribution in [1.29, 1.82) is 0 Å². The van der Waals surface area contributed by atoms with Gasteiger partial charge in [0.25, 0.3) is 5.91 Å². The van der Waals surface area contributed by atoms with Gasteiger partial charge in [-0.25, -0.2) is 9.97 Å². The number of carbonyl (C=O) groups is 1. The zero-order chi connectivity index (χ0) is 18.6. The van der Waals surface area contributed by atoms with E-state index in [4.69, 9.17) is 4.52 Å². The van der Waals surface area contributed by atoms with Crippen LogP contribution in [0, 0.1) is 12.8 Å². The molecule has 0 spiro atoms. The minimum absolute atomic E-state index is 0.0852. The molecule has 1 saturated heterocycles. The van der Waals surface area contributed by atoms with Gasteiger partial charge in [0.2, 0.25) is 11.7 Å². The molecule has 0 saturated carbocycles. The van der Waals surface area contributed by atoms with Crippen molar-refractivity contribution >= 4 is 5.91 Å². The summed E-state index contributed by atoms with van der Waals surface area (Å²) in [5.41, 5.74) is 1.74. The number of amides is 1. The number of nitrogens with zero attached hydrogens (tertiary/aromatic N) is 7. The van der Waals surface area contributed by atoms with Gasteiger partial charge in [-0.05, 0) is 25.7 Å². The first-order valence-electron chi connectivity index (χ1n) is 8.86. The van der Waals surface area contributed by atoms with E-state index in [1.54, 1.807) is 24.8 Å². The number of aryl methyl sites for hydroxylation is 1. The second-order valence-electron chi connectivity index (χ2n) is 6.61. The van der Waals surface area contributed by atoms with Crippen molar-refractivity contribution < 1.29 is 9.32 Å². The predicted octanol–water partition coefficient (Wildman–Crippen LogP) is 1.72. The second-order valence-corrected chi connectivity index (χ2v) is 6.61. The Morgan fingerprint density at radius 3 is 2.93 bits per heavy atom. The normalized spacial score (nSPS) is 17.1. The number of hydrogen-bond donors (Lipinski definition) is 0. The van der Waals surface area contributed by atoms with Crippen LogP contribution in [0.3, 0.4) is 0 Å². The molecule has 1 atom stereocenters. The molecule has 9 heteroatoms. The summed E-state index contributed by atoms with van der Waals surface area (Å²) in [6.45, 7) is 3.20. The lowest BCUT2D eigenvalue weighted by Gasteiger charge is -2.31. The summed E-state index contributed by atoms with van der Waals surface area (Å²) in [6.07, 6.45) is 10.5. The zero-order valence-corrected chi connectivity index (χ0v) is 14.9. The largest absolute Gasteiger partial charge is 0.339 e. The fourth-order valence-electron chi connectivity index (χ4n) is 3.18. The Bertz CT molecular complexity index is 911. The lowest BCUT2D eigenvalue weighted by atomic mass is 9.94. The van der Waals surface area contributed by atoms with Crippen LogP contribution in [-0.2, 0) is 6.42 Å². The maximum atomic E-state index is 12.7. The molecule has 0 N–H and O–H groups in total. The van der Waals surface area contributed by atoms with Gasteiger partial charge in [0, 0.05) is 38.1 Å². The molecule has 0 aromatic carbocycles. The van der Waals surface area contributed by atoms with Crippen molar-refractivity contribution in [1.82, 2.24) is 35.0 Å². The molecule has 1 amide bonds. The number of hydrogen-bond acceptors (Lipinski definition) is 8. The SMILES string of the molecule is Cc1cnc(C(=O)N2CCC[C@@H](Cc3nc(-c4cnccn4)no3)C2)cn1. The van der Waals surface area contributed by atoms with E-state index >= 15 is 0 Å². The number of piperidine rings is 1. The van der Waals surface area contributed by atoms with Crippen LogP contribution in [-0.4, -0.2) is 54.0 Å². The molecule has 3 aromatic rings. The average Bonchev–Trinajstić information content (AvgIpc) is 3.17. The van der Waals surface area contributed by atoms with Crippen molar-refractivity contribution in [3.8, 4) is 11.5 Å². The number of rotatable bonds is 4. The van der Waals surface area contributed by atoms with Crippen LogP contribution in [0.5, 0.6) is 0 Å². The molecule has 27 heavy (non-hydrogen) atoms.